The van der Waals surface area contributed by atoms with Crippen molar-refractivity contribution in [2.75, 3.05) is 5.32 Å². The standard InChI is InChI=1S/C16H18N4/c1-2-9-20-10-8-18-16(20)12-19-14-5-6-15-13(11-14)4-3-7-17-15/h3-8,10-11,19H,2,9,12H2,1H3. The van der Waals surface area contributed by atoms with Gasteiger partial charge in [0, 0.05) is 36.2 Å². The molecule has 0 atom stereocenters. The molecule has 0 spiro atoms. The van der Waals surface area contributed by atoms with Crippen LogP contribution < -0.4 is 5.32 Å². The number of nitrogens with zero attached hydrogens (tertiary/aromatic N) is 3. The Hall–Kier alpha value is -2.36. The van der Waals surface area contributed by atoms with Crippen LogP contribution in [0, 0.1) is 0 Å². The monoisotopic (exact) mass is 266 g/mol. The second kappa shape index (κ2) is 5.74. The number of fused-ring (bicyclic) bond motifs is 1. The van der Waals surface area contributed by atoms with Crippen molar-refractivity contribution in [2.45, 2.75) is 26.4 Å². The number of hydrogen-bond donors (Lipinski definition) is 1. The number of aromatic nitrogens is 3. The molecular weight excluding hydrogens is 248 g/mol. The first-order chi connectivity index (χ1) is 9.86. The van der Waals surface area contributed by atoms with E-state index < -0.39 is 0 Å². The quantitative estimate of drug-likeness (QED) is 0.769. The molecule has 102 valence electrons. The zero-order valence-corrected chi connectivity index (χ0v) is 11.6. The maximum absolute atomic E-state index is 4.40. The molecule has 2 aromatic heterocycles. The Bertz CT molecular complexity index is 702. The van der Waals surface area contributed by atoms with Crippen molar-refractivity contribution in [3.63, 3.8) is 0 Å². The van der Waals surface area contributed by atoms with Crippen LogP contribution in [-0.4, -0.2) is 14.5 Å². The van der Waals surface area contributed by atoms with Crippen molar-refractivity contribution in [2.24, 2.45) is 0 Å². The summed E-state index contributed by atoms with van der Waals surface area (Å²) in [5.74, 6) is 1.07. The minimum Gasteiger partial charge on any atom is -0.378 e. The van der Waals surface area contributed by atoms with Gasteiger partial charge in [-0.25, -0.2) is 4.98 Å². The Labute approximate surface area is 118 Å². The fourth-order valence-corrected chi connectivity index (χ4v) is 2.32. The molecule has 0 saturated carbocycles. The van der Waals surface area contributed by atoms with Gasteiger partial charge in [-0.1, -0.05) is 13.0 Å². The van der Waals surface area contributed by atoms with Crippen LogP contribution in [-0.2, 0) is 13.1 Å². The summed E-state index contributed by atoms with van der Waals surface area (Å²) in [5, 5.41) is 4.57. The zero-order valence-electron chi connectivity index (χ0n) is 11.6. The second-order valence-corrected chi connectivity index (χ2v) is 4.80. The van der Waals surface area contributed by atoms with Gasteiger partial charge in [0.1, 0.15) is 5.82 Å². The lowest BCUT2D eigenvalue weighted by atomic mass is 10.2. The van der Waals surface area contributed by atoms with Gasteiger partial charge in [-0.2, -0.15) is 0 Å². The van der Waals surface area contributed by atoms with E-state index in [-0.39, 0.29) is 0 Å². The van der Waals surface area contributed by atoms with Crippen molar-refractivity contribution in [1.82, 2.24) is 14.5 Å². The molecule has 4 heteroatoms. The number of imidazole rings is 1. The van der Waals surface area contributed by atoms with Crippen molar-refractivity contribution in [3.8, 4) is 0 Å². The maximum atomic E-state index is 4.40. The average Bonchev–Trinajstić information content (AvgIpc) is 2.93. The van der Waals surface area contributed by atoms with E-state index in [1.807, 2.05) is 30.7 Å². The number of benzene rings is 1. The van der Waals surface area contributed by atoms with Crippen molar-refractivity contribution in [1.29, 1.82) is 0 Å². The molecule has 0 aliphatic heterocycles. The van der Waals surface area contributed by atoms with Crippen LogP contribution in [0.25, 0.3) is 10.9 Å². The predicted octanol–water partition coefficient (Wildman–Crippen LogP) is 3.45. The SMILES string of the molecule is CCCn1ccnc1CNc1ccc2ncccc2c1. The molecule has 0 aliphatic rings. The van der Waals surface area contributed by atoms with Crippen LogP contribution in [0.1, 0.15) is 19.2 Å². The number of hydrogen-bond acceptors (Lipinski definition) is 3. The molecule has 3 aromatic rings. The number of pyridine rings is 1. The number of anilines is 1. The smallest absolute Gasteiger partial charge is 0.128 e. The lowest BCUT2D eigenvalue weighted by Gasteiger charge is -2.09. The molecule has 0 saturated heterocycles. The van der Waals surface area contributed by atoms with Crippen LogP contribution in [0.4, 0.5) is 5.69 Å². The van der Waals surface area contributed by atoms with Crippen molar-refractivity contribution < 1.29 is 0 Å². The van der Waals surface area contributed by atoms with Crippen molar-refractivity contribution >= 4 is 16.6 Å². The van der Waals surface area contributed by atoms with Gasteiger partial charge >= 0.3 is 0 Å². The van der Waals surface area contributed by atoms with E-state index in [4.69, 9.17) is 0 Å². The lowest BCUT2D eigenvalue weighted by molar-refractivity contribution is 0.644. The van der Waals surface area contributed by atoms with E-state index in [1.165, 1.54) is 0 Å². The Kier molecular flexibility index (Phi) is 3.63. The zero-order chi connectivity index (χ0) is 13.8. The van der Waals surface area contributed by atoms with Gasteiger partial charge in [0.15, 0.2) is 0 Å². The normalized spacial score (nSPS) is 10.8. The van der Waals surface area contributed by atoms with E-state index in [2.05, 4.69) is 45.0 Å². The average molecular weight is 266 g/mol. The highest BCUT2D eigenvalue weighted by atomic mass is 15.1. The first-order valence-corrected chi connectivity index (χ1v) is 6.95. The molecule has 0 bridgehead atoms. The van der Waals surface area contributed by atoms with Crippen LogP contribution in [0.2, 0.25) is 0 Å². The summed E-state index contributed by atoms with van der Waals surface area (Å²) < 4.78 is 2.19. The summed E-state index contributed by atoms with van der Waals surface area (Å²) >= 11 is 0. The fourth-order valence-electron chi connectivity index (χ4n) is 2.32. The predicted molar refractivity (Wildman–Crippen MR) is 81.6 cm³/mol. The van der Waals surface area contributed by atoms with Gasteiger partial charge < -0.3 is 9.88 Å². The van der Waals surface area contributed by atoms with E-state index in [0.29, 0.717) is 0 Å². The van der Waals surface area contributed by atoms with E-state index in [0.717, 1.165) is 41.9 Å². The third kappa shape index (κ3) is 2.64. The molecule has 1 N–H and O–H groups in total. The molecule has 2 heterocycles. The molecule has 0 aliphatic carbocycles. The van der Waals surface area contributed by atoms with Gasteiger partial charge in [0.2, 0.25) is 0 Å². The molecule has 0 fully saturated rings. The first-order valence-electron chi connectivity index (χ1n) is 6.95. The highest BCUT2D eigenvalue weighted by molar-refractivity contribution is 5.82. The van der Waals surface area contributed by atoms with Crippen molar-refractivity contribution in [3.05, 3.63) is 54.7 Å². The van der Waals surface area contributed by atoms with Gasteiger partial charge in [0.05, 0.1) is 12.1 Å². The Morgan fingerprint density at radius 3 is 3.00 bits per heavy atom. The van der Waals surface area contributed by atoms with Crippen LogP contribution in [0.15, 0.2) is 48.9 Å². The van der Waals surface area contributed by atoms with Gasteiger partial charge in [0.25, 0.3) is 0 Å². The largest absolute Gasteiger partial charge is 0.378 e. The molecule has 3 rings (SSSR count). The summed E-state index contributed by atoms with van der Waals surface area (Å²) in [6.07, 6.45) is 6.82. The Morgan fingerprint density at radius 1 is 1.15 bits per heavy atom. The second-order valence-electron chi connectivity index (χ2n) is 4.80. The molecule has 20 heavy (non-hydrogen) atoms. The minimum absolute atomic E-state index is 0.735. The van der Waals surface area contributed by atoms with E-state index in [9.17, 15) is 0 Å². The molecule has 1 aromatic carbocycles. The summed E-state index contributed by atoms with van der Waals surface area (Å²) in [6, 6.07) is 10.2. The highest BCUT2D eigenvalue weighted by Crippen LogP contribution is 2.17. The highest BCUT2D eigenvalue weighted by Gasteiger charge is 2.02. The fraction of sp³-hybridized carbons (Fsp3) is 0.250. The minimum atomic E-state index is 0.735. The van der Waals surface area contributed by atoms with E-state index in [1.54, 1.807) is 0 Å². The number of rotatable bonds is 5. The van der Waals surface area contributed by atoms with Gasteiger partial charge in [-0.15, -0.1) is 0 Å². The van der Waals surface area contributed by atoms with Crippen LogP contribution in [0.5, 0.6) is 0 Å². The third-order valence-electron chi connectivity index (χ3n) is 3.32. The van der Waals surface area contributed by atoms with E-state index >= 15 is 0 Å². The topological polar surface area (TPSA) is 42.7 Å². The lowest BCUT2D eigenvalue weighted by Crippen LogP contribution is -2.08. The summed E-state index contributed by atoms with van der Waals surface area (Å²) in [5.41, 5.74) is 2.11. The van der Waals surface area contributed by atoms with Gasteiger partial charge in [-0.05, 0) is 30.7 Å². The Morgan fingerprint density at radius 2 is 2.10 bits per heavy atom. The molecule has 0 unspecified atom stereocenters. The summed E-state index contributed by atoms with van der Waals surface area (Å²) in [4.78, 5) is 8.73. The van der Waals surface area contributed by atoms with Gasteiger partial charge in [-0.3, -0.25) is 4.98 Å². The maximum Gasteiger partial charge on any atom is 0.128 e. The number of nitrogens with one attached hydrogen (secondary N) is 1. The Balaban J connectivity index is 1.74. The summed E-state index contributed by atoms with van der Waals surface area (Å²) in [7, 11) is 0. The third-order valence-corrected chi connectivity index (χ3v) is 3.32. The summed E-state index contributed by atoms with van der Waals surface area (Å²) in [6.45, 7) is 3.92. The van der Waals surface area contributed by atoms with Crippen LogP contribution >= 0.6 is 0 Å². The number of aryl methyl sites for hydroxylation is 1. The molecule has 0 amide bonds. The van der Waals surface area contributed by atoms with Crippen LogP contribution in [0.3, 0.4) is 0 Å². The molecule has 0 radical (unpaired) electrons. The molecule has 4 nitrogen and oxygen atoms in total. The molecular formula is C16H18N4. The first kappa shape index (κ1) is 12.7.